The van der Waals surface area contributed by atoms with Gasteiger partial charge in [0.25, 0.3) is 0 Å². The molecule has 0 bridgehead atoms. The van der Waals surface area contributed by atoms with Crippen LogP contribution in [0, 0.1) is 0 Å². The Kier molecular flexibility index (Phi) is 6.93. The van der Waals surface area contributed by atoms with E-state index in [-0.39, 0.29) is 24.3 Å². The van der Waals surface area contributed by atoms with Crippen molar-refractivity contribution in [2.24, 2.45) is 7.05 Å². The van der Waals surface area contributed by atoms with Crippen molar-refractivity contribution < 1.29 is 9.59 Å². The topological polar surface area (TPSA) is 54.3 Å². The third kappa shape index (κ3) is 5.04. The van der Waals surface area contributed by atoms with E-state index in [0.29, 0.717) is 6.42 Å². The minimum absolute atomic E-state index is 0.00650. The molecule has 0 spiro atoms. The van der Waals surface area contributed by atoms with Crippen molar-refractivity contribution in [3.05, 3.63) is 71.9 Å². The zero-order chi connectivity index (χ0) is 22.5. The van der Waals surface area contributed by atoms with Gasteiger partial charge in [-0.3, -0.25) is 9.59 Å². The summed E-state index contributed by atoms with van der Waals surface area (Å²) in [6.07, 6.45) is 8.43. The fourth-order valence-electron chi connectivity index (χ4n) is 4.88. The molecule has 0 unspecified atom stereocenters. The fraction of sp³-hybridized carbons (Fsp3) is 0.407. The van der Waals surface area contributed by atoms with E-state index in [1.165, 1.54) is 19.3 Å². The van der Waals surface area contributed by atoms with E-state index in [1.807, 2.05) is 73.7 Å². The van der Waals surface area contributed by atoms with E-state index < -0.39 is 6.04 Å². The highest BCUT2D eigenvalue weighted by atomic mass is 16.2. The lowest BCUT2D eigenvalue weighted by Crippen LogP contribution is -2.52. The second kappa shape index (κ2) is 10.0. The van der Waals surface area contributed by atoms with Crippen LogP contribution in [0.3, 0.4) is 0 Å². The average Bonchev–Trinajstić information content (AvgIpc) is 3.21. The lowest BCUT2D eigenvalue weighted by Gasteiger charge is -2.34. The third-order valence-corrected chi connectivity index (χ3v) is 6.76. The summed E-state index contributed by atoms with van der Waals surface area (Å²) < 4.78 is 2.05. The van der Waals surface area contributed by atoms with Crippen molar-refractivity contribution in [3.63, 3.8) is 0 Å². The molecule has 0 aliphatic heterocycles. The molecular weight excluding hydrogens is 398 g/mol. The summed E-state index contributed by atoms with van der Waals surface area (Å²) >= 11 is 0. The van der Waals surface area contributed by atoms with Crippen LogP contribution in [0.1, 0.15) is 43.2 Å². The van der Waals surface area contributed by atoms with Crippen LogP contribution in [0.25, 0.3) is 10.9 Å². The molecular formula is C27H33N3O2. The van der Waals surface area contributed by atoms with Gasteiger partial charge in [-0.25, -0.2) is 0 Å². The molecule has 3 aromatic rings. The molecule has 1 fully saturated rings. The summed E-state index contributed by atoms with van der Waals surface area (Å²) in [5, 5.41) is 4.15. The molecule has 1 aliphatic rings. The summed E-state index contributed by atoms with van der Waals surface area (Å²) in [4.78, 5) is 28.4. The number of aryl methyl sites for hydroxylation is 1. The minimum Gasteiger partial charge on any atom is -0.351 e. The molecule has 2 aromatic carbocycles. The first-order chi connectivity index (χ1) is 15.5. The van der Waals surface area contributed by atoms with Crippen LogP contribution < -0.4 is 5.32 Å². The van der Waals surface area contributed by atoms with Crippen molar-refractivity contribution >= 4 is 22.7 Å². The van der Waals surface area contributed by atoms with Gasteiger partial charge < -0.3 is 14.8 Å². The number of carbonyl (C=O) groups is 2. The monoisotopic (exact) mass is 431 g/mol. The number of amides is 2. The number of rotatable bonds is 7. The first-order valence-electron chi connectivity index (χ1n) is 11.7. The molecule has 1 atom stereocenters. The first kappa shape index (κ1) is 22.1. The first-order valence-corrected chi connectivity index (χ1v) is 11.7. The summed E-state index contributed by atoms with van der Waals surface area (Å²) in [7, 11) is 3.90. The highest BCUT2D eigenvalue weighted by Gasteiger charge is 2.29. The zero-order valence-electron chi connectivity index (χ0n) is 19.1. The summed E-state index contributed by atoms with van der Waals surface area (Å²) in [5.41, 5.74) is 3.13. The minimum atomic E-state index is -0.563. The molecule has 1 N–H and O–H groups in total. The summed E-state index contributed by atoms with van der Waals surface area (Å²) in [6, 6.07) is 17.7. The number of hydrogen-bond donors (Lipinski definition) is 1. The Morgan fingerprint density at radius 1 is 1.03 bits per heavy atom. The van der Waals surface area contributed by atoms with Gasteiger partial charge in [-0.15, -0.1) is 0 Å². The Morgan fingerprint density at radius 2 is 1.78 bits per heavy atom. The van der Waals surface area contributed by atoms with E-state index in [2.05, 4.69) is 16.0 Å². The standard InChI is InChI=1S/C27H33N3O2/c1-29-17-16-23-21(12-9-15-25(23)29)19-26(31)28-24(18-20-10-5-3-6-11-20)27(32)30(2)22-13-7-4-8-14-22/h3,5-6,9-12,15-17,22,24H,4,7-8,13-14,18-19H2,1-2H3,(H,28,31)/t24-/m0/s1. The maximum Gasteiger partial charge on any atom is 0.245 e. The largest absolute Gasteiger partial charge is 0.351 e. The number of nitrogens with zero attached hydrogens (tertiary/aromatic N) is 2. The Labute approximate surface area is 190 Å². The number of hydrogen-bond acceptors (Lipinski definition) is 2. The van der Waals surface area contributed by atoms with Gasteiger partial charge in [0.1, 0.15) is 6.04 Å². The van der Waals surface area contributed by atoms with Crippen LogP contribution in [0.4, 0.5) is 0 Å². The van der Waals surface area contributed by atoms with Crippen LogP contribution in [0.15, 0.2) is 60.8 Å². The van der Waals surface area contributed by atoms with Gasteiger partial charge in [0.15, 0.2) is 0 Å². The molecule has 32 heavy (non-hydrogen) atoms. The average molecular weight is 432 g/mol. The molecule has 0 saturated heterocycles. The maximum absolute atomic E-state index is 13.5. The molecule has 0 radical (unpaired) electrons. The molecule has 5 heteroatoms. The highest BCUT2D eigenvalue weighted by Crippen LogP contribution is 2.23. The van der Waals surface area contributed by atoms with Crippen LogP contribution in [-0.4, -0.2) is 40.4 Å². The molecule has 1 aliphatic carbocycles. The lowest BCUT2D eigenvalue weighted by molar-refractivity contribution is -0.137. The second-order valence-corrected chi connectivity index (χ2v) is 9.00. The predicted molar refractivity (Wildman–Crippen MR) is 128 cm³/mol. The van der Waals surface area contributed by atoms with Crippen molar-refractivity contribution in [2.75, 3.05) is 7.05 Å². The number of likely N-dealkylation sites (N-methyl/N-ethyl adjacent to an activating group) is 1. The van der Waals surface area contributed by atoms with E-state index in [1.54, 1.807) is 0 Å². The molecule has 5 nitrogen and oxygen atoms in total. The quantitative estimate of drug-likeness (QED) is 0.608. The smallest absolute Gasteiger partial charge is 0.245 e. The Morgan fingerprint density at radius 3 is 2.53 bits per heavy atom. The molecule has 1 saturated carbocycles. The van der Waals surface area contributed by atoms with Crippen molar-refractivity contribution in [1.29, 1.82) is 0 Å². The molecule has 4 rings (SSSR count). The SMILES string of the molecule is CN(C(=O)[C@H](Cc1ccccc1)NC(=O)Cc1cccc2c1ccn2C)C1CCCCC1. The molecule has 1 heterocycles. The number of nitrogens with one attached hydrogen (secondary N) is 1. The summed E-state index contributed by atoms with van der Waals surface area (Å²) in [5.74, 6) is -0.111. The normalized spacial score (nSPS) is 15.4. The molecule has 1 aromatic heterocycles. The Balaban J connectivity index is 1.51. The van der Waals surface area contributed by atoms with Crippen LogP contribution in [0.2, 0.25) is 0 Å². The Bertz CT molecular complexity index is 1070. The van der Waals surface area contributed by atoms with Crippen molar-refractivity contribution in [2.45, 2.75) is 57.0 Å². The van der Waals surface area contributed by atoms with Crippen LogP contribution >= 0.6 is 0 Å². The third-order valence-electron chi connectivity index (χ3n) is 6.76. The predicted octanol–water partition coefficient (Wildman–Crippen LogP) is 4.24. The van der Waals surface area contributed by atoms with Crippen molar-refractivity contribution in [1.82, 2.24) is 14.8 Å². The number of benzene rings is 2. The van der Waals surface area contributed by atoms with E-state index in [9.17, 15) is 9.59 Å². The second-order valence-electron chi connectivity index (χ2n) is 9.00. The highest BCUT2D eigenvalue weighted by molar-refractivity contribution is 5.92. The van der Waals surface area contributed by atoms with Gasteiger partial charge in [-0.1, -0.05) is 61.7 Å². The number of aromatic nitrogens is 1. The zero-order valence-corrected chi connectivity index (χ0v) is 19.1. The number of carbonyl (C=O) groups excluding carboxylic acids is 2. The van der Waals surface area contributed by atoms with Crippen LogP contribution in [-0.2, 0) is 29.5 Å². The van der Waals surface area contributed by atoms with E-state index in [4.69, 9.17) is 0 Å². The van der Waals surface area contributed by atoms with Gasteiger partial charge in [0.2, 0.25) is 11.8 Å². The van der Waals surface area contributed by atoms with Gasteiger partial charge in [-0.05, 0) is 36.1 Å². The maximum atomic E-state index is 13.5. The molecule has 2 amide bonds. The Hall–Kier alpha value is -3.08. The van der Waals surface area contributed by atoms with Gasteiger partial charge in [0, 0.05) is 43.7 Å². The van der Waals surface area contributed by atoms with Crippen LogP contribution in [0.5, 0.6) is 0 Å². The van der Waals surface area contributed by atoms with Crippen molar-refractivity contribution in [3.8, 4) is 0 Å². The van der Waals surface area contributed by atoms with E-state index in [0.717, 1.165) is 34.9 Å². The van der Waals surface area contributed by atoms with Gasteiger partial charge >= 0.3 is 0 Å². The van der Waals surface area contributed by atoms with Gasteiger partial charge in [-0.2, -0.15) is 0 Å². The lowest BCUT2D eigenvalue weighted by atomic mass is 9.93. The molecule has 168 valence electrons. The van der Waals surface area contributed by atoms with E-state index >= 15 is 0 Å². The number of fused-ring (bicyclic) bond motifs is 1. The fourth-order valence-corrected chi connectivity index (χ4v) is 4.88. The van der Waals surface area contributed by atoms with Gasteiger partial charge in [0.05, 0.1) is 6.42 Å². The summed E-state index contributed by atoms with van der Waals surface area (Å²) in [6.45, 7) is 0.